The second kappa shape index (κ2) is 8.70. The van der Waals surface area contributed by atoms with Crippen LogP contribution in [0.15, 0.2) is 59.7 Å². The molecule has 34 heavy (non-hydrogen) atoms. The van der Waals surface area contributed by atoms with Crippen LogP contribution in [0.4, 0.5) is 10.1 Å². The van der Waals surface area contributed by atoms with E-state index in [2.05, 4.69) is 59.8 Å². The monoisotopic (exact) mass is 569 g/mol. The third kappa shape index (κ3) is 3.76. The summed E-state index contributed by atoms with van der Waals surface area (Å²) in [5, 5.41) is 7.38. The van der Waals surface area contributed by atoms with E-state index < -0.39 is 0 Å². The number of fused-ring (bicyclic) bond motifs is 3. The summed E-state index contributed by atoms with van der Waals surface area (Å²) in [5.41, 5.74) is 4.17. The molecule has 0 aliphatic carbocycles. The average molecular weight is 569 g/mol. The summed E-state index contributed by atoms with van der Waals surface area (Å²) < 4.78 is 20.6. The fourth-order valence-electron chi connectivity index (χ4n) is 5.02. The molecule has 4 heterocycles. The normalized spacial score (nSPS) is 20.6. The molecule has 172 valence electrons. The molecule has 2 fully saturated rings. The molecule has 2 aliphatic heterocycles. The molecule has 0 saturated carbocycles. The third-order valence-electron chi connectivity index (χ3n) is 6.66. The van der Waals surface area contributed by atoms with Gasteiger partial charge < -0.3 is 9.64 Å². The molecule has 6 rings (SSSR count). The Morgan fingerprint density at radius 2 is 1.88 bits per heavy atom. The highest BCUT2D eigenvalue weighted by Crippen LogP contribution is 2.38. The van der Waals surface area contributed by atoms with Gasteiger partial charge in [-0.3, -0.25) is 4.79 Å². The molecule has 4 aromatic rings. The first-order chi connectivity index (χ1) is 16.6. The summed E-state index contributed by atoms with van der Waals surface area (Å²) in [7, 11) is 0. The van der Waals surface area contributed by atoms with E-state index >= 15 is 4.39 Å². The summed E-state index contributed by atoms with van der Waals surface area (Å²) in [6.45, 7) is 1.51. The van der Waals surface area contributed by atoms with Gasteiger partial charge in [-0.05, 0) is 54.8 Å². The van der Waals surface area contributed by atoms with Crippen molar-refractivity contribution in [2.75, 3.05) is 18.1 Å². The van der Waals surface area contributed by atoms with Crippen LogP contribution in [0.25, 0.3) is 22.2 Å². The molecule has 7 nitrogen and oxygen atoms in total. The largest absolute Gasteiger partial charge is 0.377 e. The minimum atomic E-state index is -0.350. The Kier molecular flexibility index (Phi) is 5.53. The standard InChI is InChI=1S/C25H21FIN5O2/c26-20-6-1-14(24(27)21-7-8-23(33)31-30-21)9-19(20)25-18-5-4-15(10-22(18)28-13-29-25)32-16-2-3-17(32)12-34-11-16/h1,4-10,13,16-17,24H,2-3,11-12H2,(H,31,33). The van der Waals surface area contributed by atoms with E-state index in [1.54, 1.807) is 18.2 Å². The second-order valence-corrected chi connectivity index (χ2v) is 9.95. The van der Waals surface area contributed by atoms with E-state index in [4.69, 9.17) is 4.74 Å². The van der Waals surface area contributed by atoms with Crippen LogP contribution in [-0.2, 0) is 4.74 Å². The summed E-state index contributed by atoms with van der Waals surface area (Å²) in [6.07, 6.45) is 3.77. The highest BCUT2D eigenvalue weighted by molar-refractivity contribution is 14.1. The highest BCUT2D eigenvalue weighted by atomic mass is 127. The van der Waals surface area contributed by atoms with Gasteiger partial charge in [0.05, 0.1) is 46.1 Å². The van der Waals surface area contributed by atoms with Crippen LogP contribution in [-0.4, -0.2) is 45.5 Å². The first-order valence-corrected chi connectivity index (χ1v) is 12.4. The highest BCUT2D eigenvalue weighted by Gasteiger charge is 2.37. The molecule has 0 spiro atoms. The first kappa shape index (κ1) is 21.6. The number of benzene rings is 2. The van der Waals surface area contributed by atoms with Gasteiger partial charge in [-0.15, -0.1) is 0 Å². The zero-order chi connectivity index (χ0) is 23.2. The van der Waals surface area contributed by atoms with Crippen LogP contribution in [0.5, 0.6) is 0 Å². The van der Waals surface area contributed by atoms with Crippen LogP contribution in [0.3, 0.4) is 0 Å². The number of rotatable bonds is 4. The van der Waals surface area contributed by atoms with Crippen molar-refractivity contribution >= 4 is 39.2 Å². The molecule has 0 amide bonds. The van der Waals surface area contributed by atoms with Gasteiger partial charge in [0.15, 0.2) is 0 Å². The second-order valence-electron chi connectivity index (χ2n) is 8.70. The van der Waals surface area contributed by atoms with Crippen LogP contribution in [0, 0.1) is 5.82 Å². The van der Waals surface area contributed by atoms with Crippen molar-refractivity contribution in [1.29, 1.82) is 0 Å². The smallest absolute Gasteiger partial charge is 0.264 e. The lowest BCUT2D eigenvalue weighted by Crippen LogP contribution is -2.45. The van der Waals surface area contributed by atoms with Gasteiger partial charge in [0, 0.05) is 22.7 Å². The van der Waals surface area contributed by atoms with Crippen molar-refractivity contribution < 1.29 is 9.13 Å². The van der Waals surface area contributed by atoms with Crippen molar-refractivity contribution in [2.24, 2.45) is 0 Å². The summed E-state index contributed by atoms with van der Waals surface area (Å²) in [6, 6.07) is 15.1. The molecule has 2 aromatic carbocycles. The number of hydrogen-bond donors (Lipinski definition) is 1. The predicted octanol–water partition coefficient (Wildman–Crippen LogP) is 4.41. The van der Waals surface area contributed by atoms with E-state index in [1.165, 1.54) is 18.5 Å². The molecular weight excluding hydrogens is 548 g/mol. The number of nitrogens with zero attached hydrogens (tertiary/aromatic N) is 4. The molecule has 2 bridgehead atoms. The van der Waals surface area contributed by atoms with E-state index in [-0.39, 0.29) is 15.3 Å². The zero-order valence-corrected chi connectivity index (χ0v) is 20.3. The number of aromatic nitrogens is 4. The van der Waals surface area contributed by atoms with E-state index in [0.717, 1.165) is 48.2 Å². The number of nitrogens with one attached hydrogen (secondary N) is 1. The molecule has 2 aliphatic rings. The lowest BCUT2D eigenvalue weighted by molar-refractivity contribution is 0.0907. The Morgan fingerprint density at radius 1 is 1.06 bits per heavy atom. The molecular formula is C25H21FIN5O2. The maximum atomic E-state index is 15.0. The zero-order valence-electron chi connectivity index (χ0n) is 18.1. The van der Waals surface area contributed by atoms with Gasteiger partial charge in [-0.2, -0.15) is 5.10 Å². The van der Waals surface area contributed by atoms with Crippen LogP contribution in [0.2, 0.25) is 0 Å². The number of aromatic amines is 1. The minimum absolute atomic E-state index is 0.162. The number of ether oxygens (including phenoxy) is 1. The van der Waals surface area contributed by atoms with Crippen LogP contribution < -0.4 is 10.5 Å². The van der Waals surface area contributed by atoms with Crippen LogP contribution in [0.1, 0.15) is 28.0 Å². The molecule has 9 heteroatoms. The lowest BCUT2D eigenvalue weighted by Gasteiger charge is -2.36. The van der Waals surface area contributed by atoms with Gasteiger partial charge in [0.2, 0.25) is 0 Å². The Labute approximate surface area is 208 Å². The van der Waals surface area contributed by atoms with E-state index in [0.29, 0.717) is 29.0 Å². The van der Waals surface area contributed by atoms with E-state index in [1.807, 2.05) is 6.07 Å². The third-order valence-corrected chi connectivity index (χ3v) is 8.01. The fourth-order valence-corrected chi connectivity index (χ4v) is 5.75. The van der Waals surface area contributed by atoms with Gasteiger partial charge in [-0.1, -0.05) is 28.7 Å². The molecule has 3 atom stereocenters. The predicted molar refractivity (Wildman–Crippen MR) is 136 cm³/mol. The Bertz CT molecular complexity index is 1410. The molecule has 2 aromatic heterocycles. The average Bonchev–Trinajstić information content (AvgIpc) is 3.11. The maximum Gasteiger partial charge on any atom is 0.264 e. The first-order valence-electron chi connectivity index (χ1n) is 11.2. The Balaban J connectivity index is 1.40. The number of anilines is 1. The van der Waals surface area contributed by atoms with Crippen molar-refractivity contribution in [2.45, 2.75) is 28.8 Å². The SMILES string of the molecule is O=c1ccc(C(I)c2ccc(F)c(-c3ncnc4cc(N5C6CCC5COC6)ccc34)c2)n[nH]1. The number of H-pyrrole nitrogens is 1. The maximum absolute atomic E-state index is 15.0. The number of morpholine rings is 1. The Morgan fingerprint density at radius 3 is 2.65 bits per heavy atom. The van der Waals surface area contributed by atoms with Gasteiger partial charge in [0.25, 0.3) is 5.56 Å². The van der Waals surface area contributed by atoms with Crippen molar-refractivity contribution in [3.63, 3.8) is 0 Å². The molecule has 3 unspecified atom stereocenters. The van der Waals surface area contributed by atoms with Gasteiger partial charge in [-0.25, -0.2) is 19.5 Å². The molecule has 1 N–H and O–H groups in total. The summed E-state index contributed by atoms with van der Waals surface area (Å²) >= 11 is 2.23. The topological polar surface area (TPSA) is 84.0 Å². The molecule has 0 radical (unpaired) electrons. The number of halogens is 2. The van der Waals surface area contributed by atoms with Crippen molar-refractivity contribution in [1.82, 2.24) is 20.2 Å². The Hall–Kier alpha value is -2.92. The minimum Gasteiger partial charge on any atom is -0.377 e. The quantitative estimate of drug-likeness (QED) is 0.290. The molecule has 2 saturated heterocycles. The summed E-state index contributed by atoms with van der Waals surface area (Å²) in [4.78, 5) is 22.8. The van der Waals surface area contributed by atoms with Crippen molar-refractivity contribution in [3.05, 3.63) is 82.3 Å². The van der Waals surface area contributed by atoms with E-state index in [9.17, 15) is 4.79 Å². The fraction of sp³-hybridized carbons (Fsp3) is 0.280. The van der Waals surface area contributed by atoms with Gasteiger partial charge in [0.1, 0.15) is 12.1 Å². The summed E-state index contributed by atoms with van der Waals surface area (Å²) in [5.74, 6) is -0.350. The number of alkyl halides is 1. The van der Waals surface area contributed by atoms with Crippen molar-refractivity contribution in [3.8, 4) is 11.3 Å². The lowest BCUT2D eigenvalue weighted by atomic mass is 10.0. The number of hydrogen-bond acceptors (Lipinski definition) is 6. The van der Waals surface area contributed by atoms with Gasteiger partial charge >= 0.3 is 0 Å². The van der Waals surface area contributed by atoms with Crippen LogP contribution >= 0.6 is 22.6 Å².